The number of nitrogens with one attached hydrogen (secondary N) is 1. The van der Waals surface area contributed by atoms with Crippen molar-refractivity contribution in [3.8, 4) is 5.75 Å². The van der Waals surface area contributed by atoms with Crippen molar-refractivity contribution in [3.63, 3.8) is 0 Å². The lowest BCUT2D eigenvalue weighted by Crippen LogP contribution is -2.29. The Bertz CT molecular complexity index is 438. The fourth-order valence-electron chi connectivity index (χ4n) is 2.67. The first kappa shape index (κ1) is 21.9. The van der Waals surface area contributed by atoms with E-state index in [2.05, 4.69) is 68.1 Å². The predicted molar refractivity (Wildman–Crippen MR) is 111 cm³/mol. The number of halogens is 2. The van der Waals surface area contributed by atoms with Crippen LogP contribution in [0.15, 0.2) is 21.1 Å². The van der Waals surface area contributed by atoms with Gasteiger partial charge >= 0.3 is 0 Å². The normalized spacial score (nSPS) is 11.2. The summed E-state index contributed by atoms with van der Waals surface area (Å²) in [6.45, 7) is 10.2. The molecule has 1 rings (SSSR count). The Balaban J connectivity index is 2.31. The zero-order valence-electron chi connectivity index (χ0n) is 15.3. The van der Waals surface area contributed by atoms with E-state index in [4.69, 9.17) is 4.74 Å². The van der Waals surface area contributed by atoms with Crippen molar-refractivity contribution in [2.45, 2.75) is 52.5 Å². The Morgan fingerprint density at radius 3 is 2.00 bits per heavy atom. The van der Waals surface area contributed by atoms with Crippen LogP contribution in [-0.4, -0.2) is 38.2 Å². The summed E-state index contributed by atoms with van der Waals surface area (Å²) >= 11 is 7.12. The molecule has 0 aliphatic carbocycles. The van der Waals surface area contributed by atoms with Gasteiger partial charge in [0.1, 0.15) is 5.75 Å². The molecular weight excluding hydrogens is 432 g/mol. The fraction of sp³-hybridized carbons (Fsp3) is 0.684. The molecule has 1 N–H and O–H groups in total. The van der Waals surface area contributed by atoms with Crippen LogP contribution in [0.4, 0.5) is 0 Å². The summed E-state index contributed by atoms with van der Waals surface area (Å²) in [6.07, 6.45) is 6.38. The van der Waals surface area contributed by atoms with Crippen LogP contribution in [0.1, 0.15) is 51.5 Å². The van der Waals surface area contributed by atoms with Crippen molar-refractivity contribution >= 4 is 31.9 Å². The summed E-state index contributed by atoms with van der Waals surface area (Å²) in [5.74, 6) is 0.848. The molecule has 0 heterocycles. The SMILES string of the molecule is CCCCN(CCCC)CCCNCc1cc(Br)c(OC)c(Br)c1. The molecule has 0 bridgehead atoms. The number of methoxy groups -OCH3 is 1. The summed E-state index contributed by atoms with van der Waals surface area (Å²) in [7, 11) is 1.69. The van der Waals surface area contributed by atoms with Gasteiger partial charge in [-0.25, -0.2) is 0 Å². The summed E-state index contributed by atoms with van der Waals surface area (Å²) in [5, 5.41) is 3.55. The molecule has 24 heavy (non-hydrogen) atoms. The molecule has 0 radical (unpaired) electrons. The average Bonchev–Trinajstić information content (AvgIpc) is 2.56. The van der Waals surface area contributed by atoms with E-state index in [0.717, 1.165) is 27.8 Å². The van der Waals surface area contributed by atoms with Crippen molar-refractivity contribution in [2.24, 2.45) is 0 Å². The number of benzene rings is 1. The topological polar surface area (TPSA) is 24.5 Å². The molecule has 0 saturated heterocycles. The smallest absolute Gasteiger partial charge is 0.147 e. The van der Waals surface area contributed by atoms with E-state index in [9.17, 15) is 0 Å². The van der Waals surface area contributed by atoms with Crippen LogP contribution < -0.4 is 10.1 Å². The standard InChI is InChI=1S/C19H32Br2N2O/c1-4-6-10-23(11-7-5-2)12-8-9-22-15-16-13-17(20)19(24-3)18(21)14-16/h13-14,22H,4-12,15H2,1-3H3. The number of ether oxygens (including phenoxy) is 1. The molecule has 0 spiro atoms. The maximum absolute atomic E-state index is 5.34. The van der Waals surface area contributed by atoms with Crippen molar-refractivity contribution in [1.29, 1.82) is 0 Å². The Labute approximate surface area is 164 Å². The molecular formula is C19H32Br2N2O. The number of unbranched alkanes of at least 4 members (excludes halogenated alkanes) is 2. The van der Waals surface area contributed by atoms with Gasteiger partial charge < -0.3 is 15.0 Å². The highest BCUT2D eigenvalue weighted by molar-refractivity contribution is 9.11. The van der Waals surface area contributed by atoms with E-state index in [1.54, 1.807) is 7.11 Å². The first-order valence-electron chi connectivity index (χ1n) is 9.07. The highest BCUT2D eigenvalue weighted by Gasteiger charge is 2.08. The van der Waals surface area contributed by atoms with E-state index < -0.39 is 0 Å². The van der Waals surface area contributed by atoms with E-state index in [1.165, 1.54) is 57.3 Å². The van der Waals surface area contributed by atoms with Crippen LogP contribution >= 0.6 is 31.9 Å². The molecule has 0 unspecified atom stereocenters. The summed E-state index contributed by atoms with van der Waals surface area (Å²) < 4.78 is 7.32. The van der Waals surface area contributed by atoms with Crippen LogP contribution in [0, 0.1) is 0 Å². The largest absolute Gasteiger partial charge is 0.494 e. The van der Waals surface area contributed by atoms with E-state index >= 15 is 0 Å². The second-order valence-corrected chi connectivity index (χ2v) is 7.88. The summed E-state index contributed by atoms with van der Waals surface area (Å²) in [4.78, 5) is 2.62. The minimum absolute atomic E-state index is 0.848. The van der Waals surface area contributed by atoms with Gasteiger partial charge in [-0.15, -0.1) is 0 Å². The second-order valence-electron chi connectivity index (χ2n) is 6.17. The van der Waals surface area contributed by atoms with Gasteiger partial charge in [0.25, 0.3) is 0 Å². The molecule has 0 aliphatic heterocycles. The van der Waals surface area contributed by atoms with Crippen LogP contribution in [0.2, 0.25) is 0 Å². The minimum Gasteiger partial charge on any atom is -0.494 e. The van der Waals surface area contributed by atoms with Gasteiger partial charge in [-0.3, -0.25) is 0 Å². The van der Waals surface area contributed by atoms with Crippen LogP contribution in [0.25, 0.3) is 0 Å². The van der Waals surface area contributed by atoms with Gasteiger partial charge in [0, 0.05) is 6.54 Å². The number of rotatable bonds is 13. The lowest BCUT2D eigenvalue weighted by atomic mass is 10.2. The zero-order chi connectivity index (χ0) is 17.8. The number of hydrogen-bond acceptors (Lipinski definition) is 3. The van der Waals surface area contributed by atoms with Crippen LogP contribution in [0.5, 0.6) is 5.75 Å². The molecule has 1 aromatic carbocycles. The third-order valence-corrected chi connectivity index (χ3v) is 5.25. The van der Waals surface area contributed by atoms with Crippen molar-refractivity contribution in [3.05, 3.63) is 26.6 Å². The molecule has 0 aromatic heterocycles. The van der Waals surface area contributed by atoms with Crippen molar-refractivity contribution < 1.29 is 4.74 Å². The van der Waals surface area contributed by atoms with Crippen LogP contribution in [-0.2, 0) is 6.54 Å². The Hall–Kier alpha value is -0.100. The molecule has 0 aliphatic rings. The maximum Gasteiger partial charge on any atom is 0.147 e. The van der Waals surface area contributed by atoms with Gasteiger partial charge in [0.2, 0.25) is 0 Å². The lowest BCUT2D eigenvalue weighted by Gasteiger charge is -2.22. The van der Waals surface area contributed by atoms with Gasteiger partial charge in [-0.1, -0.05) is 26.7 Å². The van der Waals surface area contributed by atoms with Gasteiger partial charge in [0.05, 0.1) is 16.1 Å². The molecule has 138 valence electrons. The molecule has 5 heteroatoms. The average molecular weight is 464 g/mol. The second kappa shape index (κ2) is 13.2. The van der Waals surface area contributed by atoms with Gasteiger partial charge in [-0.2, -0.15) is 0 Å². The first-order valence-corrected chi connectivity index (χ1v) is 10.7. The fourth-order valence-corrected chi connectivity index (χ4v) is 4.27. The molecule has 0 saturated carbocycles. The van der Waals surface area contributed by atoms with Crippen molar-refractivity contribution in [1.82, 2.24) is 10.2 Å². The Morgan fingerprint density at radius 2 is 1.50 bits per heavy atom. The third-order valence-electron chi connectivity index (χ3n) is 4.08. The van der Waals surface area contributed by atoms with E-state index in [-0.39, 0.29) is 0 Å². The highest BCUT2D eigenvalue weighted by atomic mass is 79.9. The van der Waals surface area contributed by atoms with E-state index in [0.29, 0.717) is 0 Å². The molecule has 3 nitrogen and oxygen atoms in total. The van der Waals surface area contributed by atoms with Crippen molar-refractivity contribution in [2.75, 3.05) is 33.3 Å². The summed E-state index contributed by atoms with van der Waals surface area (Å²) in [5.41, 5.74) is 1.25. The molecule has 0 fully saturated rings. The number of hydrogen-bond donors (Lipinski definition) is 1. The highest BCUT2D eigenvalue weighted by Crippen LogP contribution is 2.34. The quantitative estimate of drug-likeness (QED) is 0.385. The minimum atomic E-state index is 0.848. The predicted octanol–water partition coefficient (Wildman–Crippen LogP) is 5.60. The monoisotopic (exact) mass is 462 g/mol. The summed E-state index contributed by atoms with van der Waals surface area (Å²) in [6, 6.07) is 4.23. The molecule has 0 amide bonds. The number of nitrogens with zero attached hydrogens (tertiary/aromatic N) is 1. The third kappa shape index (κ3) is 8.32. The Kier molecular flexibility index (Phi) is 12.0. The van der Waals surface area contributed by atoms with E-state index in [1.807, 2.05) is 0 Å². The maximum atomic E-state index is 5.34. The van der Waals surface area contributed by atoms with Gasteiger partial charge in [0.15, 0.2) is 0 Å². The van der Waals surface area contributed by atoms with Gasteiger partial charge in [-0.05, 0) is 95.0 Å². The Morgan fingerprint density at radius 1 is 0.958 bits per heavy atom. The van der Waals surface area contributed by atoms with Crippen LogP contribution in [0.3, 0.4) is 0 Å². The molecule has 0 atom stereocenters. The molecule has 1 aromatic rings. The zero-order valence-corrected chi connectivity index (χ0v) is 18.5. The first-order chi connectivity index (χ1) is 11.6. The lowest BCUT2D eigenvalue weighted by molar-refractivity contribution is 0.261.